The Kier molecular flexibility index (Phi) is 6.84. The number of nitrogens with one attached hydrogen (secondary N) is 1. The average molecular weight is 241 g/mol. The van der Waals surface area contributed by atoms with E-state index >= 15 is 0 Å². The van der Waals surface area contributed by atoms with Crippen LogP contribution < -0.4 is 5.32 Å². The van der Waals surface area contributed by atoms with Crippen molar-refractivity contribution in [1.82, 2.24) is 15.1 Å². The summed E-state index contributed by atoms with van der Waals surface area (Å²) < 4.78 is 5.06. The van der Waals surface area contributed by atoms with Gasteiger partial charge in [0.1, 0.15) is 0 Å². The zero-order valence-corrected chi connectivity index (χ0v) is 10.8. The number of likely N-dealkylation sites (N-methyl/N-ethyl adjacent to an activating group) is 1. The Hall–Kier alpha value is -0.910. The summed E-state index contributed by atoms with van der Waals surface area (Å²) in [6.45, 7) is 6.94. The lowest BCUT2D eigenvalue weighted by Gasteiger charge is -2.33. The van der Waals surface area contributed by atoms with Gasteiger partial charge in [0.05, 0.1) is 6.61 Å². The van der Waals surface area contributed by atoms with Crippen LogP contribution in [-0.2, 0) is 9.53 Å². The highest BCUT2D eigenvalue weighted by Crippen LogP contribution is 2.01. The van der Waals surface area contributed by atoms with E-state index in [4.69, 9.17) is 4.74 Å². The van der Waals surface area contributed by atoms with Gasteiger partial charge in [0.25, 0.3) is 0 Å². The summed E-state index contributed by atoms with van der Waals surface area (Å²) in [6.07, 6.45) is 3.51. The number of hydrogen-bond donors (Lipinski definition) is 1. The average Bonchev–Trinajstić information content (AvgIpc) is 2.37. The van der Waals surface area contributed by atoms with Crippen LogP contribution in [0.3, 0.4) is 0 Å². The number of methoxy groups -OCH3 is 1. The minimum atomic E-state index is -0.0382. The third-order valence-electron chi connectivity index (χ3n) is 2.96. The standard InChI is InChI=1S/C12H23N3O2/c1-13-12(16)4-3-5-14-6-8-15(9-7-14)10-11-17-2/h3-4H,5-11H2,1-2H3,(H,13,16)/b4-3+. The number of hydrogen-bond acceptors (Lipinski definition) is 4. The van der Waals surface area contributed by atoms with Crippen LogP contribution >= 0.6 is 0 Å². The molecule has 1 heterocycles. The lowest BCUT2D eigenvalue weighted by Crippen LogP contribution is -2.47. The number of amides is 1. The molecular weight excluding hydrogens is 218 g/mol. The molecule has 0 saturated carbocycles. The predicted octanol–water partition coefficient (Wildman–Crippen LogP) is -0.447. The van der Waals surface area contributed by atoms with Crippen molar-refractivity contribution in [2.24, 2.45) is 0 Å². The van der Waals surface area contributed by atoms with E-state index in [1.165, 1.54) is 0 Å². The normalized spacial score (nSPS) is 18.7. The first-order chi connectivity index (χ1) is 8.26. The lowest BCUT2D eigenvalue weighted by atomic mass is 10.3. The van der Waals surface area contributed by atoms with Gasteiger partial charge in [-0.2, -0.15) is 0 Å². The van der Waals surface area contributed by atoms with E-state index in [1.807, 2.05) is 6.08 Å². The summed E-state index contributed by atoms with van der Waals surface area (Å²) in [5, 5.41) is 2.57. The summed E-state index contributed by atoms with van der Waals surface area (Å²) in [5.41, 5.74) is 0. The largest absolute Gasteiger partial charge is 0.383 e. The Morgan fingerprint density at radius 1 is 1.29 bits per heavy atom. The van der Waals surface area contributed by atoms with Gasteiger partial charge in [-0.1, -0.05) is 6.08 Å². The van der Waals surface area contributed by atoms with Crippen LogP contribution in [-0.4, -0.2) is 75.7 Å². The number of nitrogens with zero attached hydrogens (tertiary/aromatic N) is 2. The maximum atomic E-state index is 11.0. The molecule has 1 fully saturated rings. The molecule has 1 aliphatic rings. The molecule has 1 amide bonds. The van der Waals surface area contributed by atoms with Gasteiger partial charge < -0.3 is 10.1 Å². The third kappa shape index (κ3) is 5.81. The fourth-order valence-electron chi connectivity index (χ4n) is 1.81. The third-order valence-corrected chi connectivity index (χ3v) is 2.96. The van der Waals surface area contributed by atoms with Crippen molar-refractivity contribution in [1.29, 1.82) is 0 Å². The molecule has 0 aromatic heterocycles. The van der Waals surface area contributed by atoms with Crippen LogP contribution in [0.15, 0.2) is 12.2 Å². The van der Waals surface area contributed by atoms with E-state index in [0.29, 0.717) is 0 Å². The smallest absolute Gasteiger partial charge is 0.243 e. The molecule has 1 aliphatic heterocycles. The Labute approximate surface area is 103 Å². The molecular formula is C12H23N3O2. The fourth-order valence-corrected chi connectivity index (χ4v) is 1.81. The van der Waals surface area contributed by atoms with Gasteiger partial charge in [-0.05, 0) is 0 Å². The van der Waals surface area contributed by atoms with E-state index in [9.17, 15) is 4.79 Å². The van der Waals surface area contributed by atoms with Crippen molar-refractivity contribution in [2.45, 2.75) is 0 Å². The Bertz CT molecular complexity index is 248. The minimum Gasteiger partial charge on any atom is -0.383 e. The molecule has 0 unspecified atom stereocenters. The molecule has 5 nitrogen and oxygen atoms in total. The zero-order chi connectivity index (χ0) is 12.5. The van der Waals surface area contributed by atoms with Crippen LogP contribution in [0.4, 0.5) is 0 Å². The second-order valence-corrected chi connectivity index (χ2v) is 4.15. The molecule has 0 aromatic rings. The molecule has 0 radical (unpaired) electrons. The molecule has 1 rings (SSSR count). The van der Waals surface area contributed by atoms with Crippen molar-refractivity contribution in [3.8, 4) is 0 Å². The molecule has 0 atom stereocenters. The first kappa shape index (κ1) is 14.2. The van der Waals surface area contributed by atoms with Gasteiger partial charge in [0, 0.05) is 59.5 Å². The molecule has 0 aliphatic carbocycles. The number of rotatable bonds is 6. The van der Waals surface area contributed by atoms with E-state index in [-0.39, 0.29) is 5.91 Å². The molecule has 0 bridgehead atoms. The second kappa shape index (κ2) is 8.22. The quantitative estimate of drug-likeness (QED) is 0.640. The Balaban J connectivity index is 2.14. The van der Waals surface area contributed by atoms with Crippen molar-refractivity contribution >= 4 is 5.91 Å². The fraction of sp³-hybridized carbons (Fsp3) is 0.750. The highest BCUT2D eigenvalue weighted by Gasteiger charge is 2.14. The predicted molar refractivity (Wildman–Crippen MR) is 68.0 cm³/mol. The van der Waals surface area contributed by atoms with Crippen molar-refractivity contribution in [2.75, 3.05) is 60.0 Å². The van der Waals surface area contributed by atoms with Crippen LogP contribution in [0.2, 0.25) is 0 Å². The topological polar surface area (TPSA) is 44.8 Å². The van der Waals surface area contributed by atoms with Crippen LogP contribution in [0.1, 0.15) is 0 Å². The van der Waals surface area contributed by atoms with Crippen LogP contribution in [0.25, 0.3) is 0 Å². The minimum absolute atomic E-state index is 0.0382. The SMILES string of the molecule is CNC(=O)/C=C/CN1CCN(CCOC)CC1. The number of piperazine rings is 1. The van der Waals surface area contributed by atoms with Crippen molar-refractivity contribution in [3.05, 3.63) is 12.2 Å². The summed E-state index contributed by atoms with van der Waals surface area (Å²) >= 11 is 0. The lowest BCUT2D eigenvalue weighted by molar-refractivity contribution is -0.116. The van der Waals surface area contributed by atoms with Gasteiger partial charge in [-0.3, -0.25) is 14.6 Å². The Morgan fingerprint density at radius 2 is 1.94 bits per heavy atom. The maximum absolute atomic E-state index is 11.0. The highest BCUT2D eigenvalue weighted by atomic mass is 16.5. The van der Waals surface area contributed by atoms with Gasteiger partial charge in [0.15, 0.2) is 0 Å². The molecule has 5 heteroatoms. The zero-order valence-electron chi connectivity index (χ0n) is 10.8. The summed E-state index contributed by atoms with van der Waals surface area (Å²) in [6, 6.07) is 0. The van der Waals surface area contributed by atoms with Crippen molar-refractivity contribution < 1.29 is 9.53 Å². The molecule has 1 N–H and O–H groups in total. The second-order valence-electron chi connectivity index (χ2n) is 4.15. The van der Waals surface area contributed by atoms with E-state index in [1.54, 1.807) is 20.2 Å². The van der Waals surface area contributed by atoms with E-state index in [2.05, 4.69) is 15.1 Å². The summed E-state index contributed by atoms with van der Waals surface area (Å²) in [4.78, 5) is 15.7. The first-order valence-electron chi connectivity index (χ1n) is 6.08. The molecule has 0 aromatic carbocycles. The molecule has 17 heavy (non-hydrogen) atoms. The maximum Gasteiger partial charge on any atom is 0.243 e. The van der Waals surface area contributed by atoms with Gasteiger partial charge >= 0.3 is 0 Å². The highest BCUT2D eigenvalue weighted by molar-refractivity contribution is 5.87. The summed E-state index contributed by atoms with van der Waals surface area (Å²) in [7, 11) is 3.38. The molecule has 98 valence electrons. The van der Waals surface area contributed by atoms with Crippen LogP contribution in [0.5, 0.6) is 0 Å². The number of ether oxygens (including phenoxy) is 1. The van der Waals surface area contributed by atoms with E-state index in [0.717, 1.165) is 45.9 Å². The molecule has 0 spiro atoms. The monoisotopic (exact) mass is 241 g/mol. The van der Waals surface area contributed by atoms with Gasteiger partial charge in [0.2, 0.25) is 5.91 Å². The number of carbonyl (C=O) groups is 1. The first-order valence-corrected chi connectivity index (χ1v) is 6.08. The van der Waals surface area contributed by atoms with Crippen LogP contribution in [0, 0.1) is 0 Å². The Morgan fingerprint density at radius 3 is 2.53 bits per heavy atom. The van der Waals surface area contributed by atoms with Gasteiger partial charge in [-0.25, -0.2) is 0 Å². The summed E-state index contributed by atoms with van der Waals surface area (Å²) in [5.74, 6) is -0.0382. The molecule has 1 saturated heterocycles. The van der Waals surface area contributed by atoms with Gasteiger partial charge in [-0.15, -0.1) is 0 Å². The van der Waals surface area contributed by atoms with E-state index < -0.39 is 0 Å². The number of carbonyl (C=O) groups excluding carboxylic acids is 1. The van der Waals surface area contributed by atoms with Crippen molar-refractivity contribution in [3.63, 3.8) is 0 Å².